The summed E-state index contributed by atoms with van der Waals surface area (Å²) in [5.74, 6) is 1.55. The summed E-state index contributed by atoms with van der Waals surface area (Å²) in [6.45, 7) is 4.62. The SMILES string of the molecule is CC(c1ccccn1)N1CC2CCC(N)C2C1. The molecule has 2 heterocycles. The maximum absolute atomic E-state index is 6.18. The molecule has 3 heteroatoms. The minimum Gasteiger partial charge on any atom is -0.327 e. The van der Waals surface area contributed by atoms with E-state index >= 15 is 0 Å². The van der Waals surface area contributed by atoms with Gasteiger partial charge in [-0.25, -0.2) is 0 Å². The molecule has 1 saturated heterocycles. The summed E-state index contributed by atoms with van der Waals surface area (Å²) in [7, 11) is 0. The van der Waals surface area contributed by atoms with Gasteiger partial charge in [0.05, 0.1) is 5.69 Å². The Hall–Kier alpha value is -0.930. The quantitative estimate of drug-likeness (QED) is 0.844. The third-order valence-electron chi connectivity index (χ3n) is 4.60. The van der Waals surface area contributed by atoms with Gasteiger partial charge >= 0.3 is 0 Å². The average Bonchev–Trinajstić information content (AvgIpc) is 2.92. The van der Waals surface area contributed by atoms with Crippen LogP contribution in [0, 0.1) is 11.8 Å². The number of pyridine rings is 1. The summed E-state index contributed by atoms with van der Waals surface area (Å²) in [6, 6.07) is 7.03. The topological polar surface area (TPSA) is 42.2 Å². The number of fused-ring (bicyclic) bond motifs is 1. The molecule has 1 saturated carbocycles. The van der Waals surface area contributed by atoms with Gasteiger partial charge in [0.25, 0.3) is 0 Å². The van der Waals surface area contributed by atoms with Crippen molar-refractivity contribution in [3.63, 3.8) is 0 Å². The first-order valence-corrected chi connectivity index (χ1v) is 6.66. The molecule has 0 bridgehead atoms. The molecule has 1 aromatic heterocycles. The Morgan fingerprint density at radius 1 is 1.35 bits per heavy atom. The average molecular weight is 231 g/mol. The summed E-state index contributed by atoms with van der Waals surface area (Å²) in [5, 5.41) is 0. The second kappa shape index (κ2) is 4.39. The van der Waals surface area contributed by atoms with Gasteiger partial charge in [-0.3, -0.25) is 9.88 Å². The van der Waals surface area contributed by atoms with E-state index in [1.807, 2.05) is 12.3 Å². The smallest absolute Gasteiger partial charge is 0.0572 e. The monoisotopic (exact) mass is 231 g/mol. The van der Waals surface area contributed by atoms with Gasteiger partial charge in [-0.15, -0.1) is 0 Å². The Kier molecular flexibility index (Phi) is 2.89. The molecule has 2 aliphatic rings. The lowest BCUT2D eigenvalue weighted by molar-refractivity contribution is 0.235. The minimum atomic E-state index is 0.425. The largest absolute Gasteiger partial charge is 0.327 e. The van der Waals surface area contributed by atoms with Gasteiger partial charge < -0.3 is 5.73 Å². The Morgan fingerprint density at radius 2 is 2.24 bits per heavy atom. The zero-order valence-electron chi connectivity index (χ0n) is 10.4. The minimum absolute atomic E-state index is 0.425. The fraction of sp³-hybridized carbons (Fsp3) is 0.643. The summed E-state index contributed by atoms with van der Waals surface area (Å²) in [4.78, 5) is 7.02. The van der Waals surface area contributed by atoms with Gasteiger partial charge in [-0.2, -0.15) is 0 Å². The molecule has 92 valence electrons. The van der Waals surface area contributed by atoms with E-state index in [2.05, 4.69) is 28.9 Å². The Bertz CT molecular complexity index is 378. The Balaban J connectivity index is 1.71. The molecule has 17 heavy (non-hydrogen) atoms. The van der Waals surface area contributed by atoms with Gasteiger partial charge in [-0.1, -0.05) is 6.07 Å². The lowest BCUT2D eigenvalue weighted by atomic mass is 9.98. The normalized spacial score (nSPS) is 34.8. The standard InChI is InChI=1S/C14H21N3/c1-10(14-4-2-3-7-16-14)17-8-11-5-6-13(15)12(11)9-17/h2-4,7,10-13H,5-6,8-9,15H2,1H3. The van der Waals surface area contributed by atoms with E-state index in [-0.39, 0.29) is 0 Å². The lowest BCUT2D eigenvalue weighted by Crippen LogP contribution is -2.31. The first kappa shape index (κ1) is 11.2. The highest BCUT2D eigenvalue weighted by Crippen LogP contribution is 2.39. The second-order valence-corrected chi connectivity index (χ2v) is 5.55. The van der Waals surface area contributed by atoms with Crippen molar-refractivity contribution in [2.24, 2.45) is 17.6 Å². The molecule has 2 fully saturated rings. The fourth-order valence-corrected chi connectivity index (χ4v) is 3.47. The molecule has 0 aromatic carbocycles. The third kappa shape index (κ3) is 1.98. The predicted octanol–water partition coefficient (Wildman–Crippen LogP) is 1.81. The van der Waals surface area contributed by atoms with Crippen molar-refractivity contribution in [1.82, 2.24) is 9.88 Å². The first-order valence-electron chi connectivity index (χ1n) is 6.66. The van der Waals surface area contributed by atoms with Gasteiger partial charge in [0, 0.05) is 31.4 Å². The number of nitrogens with two attached hydrogens (primary N) is 1. The van der Waals surface area contributed by atoms with E-state index in [4.69, 9.17) is 5.73 Å². The third-order valence-corrected chi connectivity index (χ3v) is 4.60. The molecule has 1 aliphatic heterocycles. The van der Waals surface area contributed by atoms with E-state index < -0.39 is 0 Å². The second-order valence-electron chi connectivity index (χ2n) is 5.55. The summed E-state index contributed by atoms with van der Waals surface area (Å²) in [6.07, 6.45) is 4.42. The van der Waals surface area contributed by atoms with Crippen LogP contribution in [0.2, 0.25) is 0 Å². The summed E-state index contributed by atoms with van der Waals surface area (Å²) < 4.78 is 0. The number of aromatic nitrogens is 1. The van der Waals surface area contributed by atoms with Crippen LogP contribution in [-0.2, 0) is 0 Å². The van der Waals surface area contributed by atoms with Crippen LogP contribution >= 0.6 is 0 Å². The molecule has 4 unspecified atom stereocenters. The van der Waals surface area contributed by atoms with E-state index in [1.54, 1.807) is 0 Å². The molecular weight excluding hydrogens is 210 g/mol. The van der Waals surface area contributed by atoms with Crippen LogP contribution in [0.1, 0.15) is 31.5 Å². The first-order chi connectivity index (χ1) is 8.25. The van der Waals surface area contributed by atoms with Crippen molar-refractivity contribution in [3.05, 3.63) is 30.1 Å². The Morgan fingerprint density at radius 3 is 2.94 bits per heavy atom. The predicted molar refractivity (Wildman–Crippen MR) is 68.4 cm³/mol. The molecule has 0 spiro atoms. The number of nitrogens with zero attached hydrogens (tertiary/aromatic N) is 2. The van der Waals surface area contributed by atoms with Crippen LogP contribution in [0.25, 0.3) is 0 Å². The maximum atomic E-state index is 6.18. The van der Waals surface area contributed by atoms with Crippen molar-refractivity contribution in [3.8, 4) is 0 Å². The summed E-state index contributed by atoms with van der Waals surface area (Å²) >= 11 is 0. The Labute approximate surface area is 103 Å². The highest BCUT2D eigenvalue weighted by Gasteiger charge is 2.42. The van der Waals surface area contributed by atoms with Crippen molar-refractivity contribution < 1.29 is 0 Å². The number of hydrogen-bond acceptors (Lipinski definition) is 3. The number of likely N-dealkylation sites (tertiary alicyclic amines) is 1. The van der Waals surface area contributed by atoms with Crippen molar-refractivity contribution in [2.45, 2.75) is 31.8 Å². The number of hydrogen-bond donors (Lipinski definition) is 1. The molecule has 1 aromatic rings. The lowest BCUT2D eigenvalue weighted by Gasteiger charge is -2.25. The highest BCUT2D eigenvalue weighted by molar-refractivity contribution is 5.09. The maximum Gasteiger partial charge on any atom is 0.0572 e. The number of rotatable bonds is 2. The van der Waals surface area contributed by atoms with Crippen LogP contribution in [0.4, 0.5) is 0 Å². The zero-order chi connectivity index (χ0) is 11.8. The summed E-state index contributed by atoms with van der Waals surface area (Å²) in [5.41, 5.74) is 7.36. The molecule has 3 nitrogen and oxygen atoms in total. The van der Waals surface area contributed by atoms with E-state index in [9.17, 15) is 0 Å². The van der Waals surface area contributed by atoms with Crippen LogP contribution in [0.15, 0.2) is 24.4 Å². The van der Waals surface area contributed by atoms with Gasteiger partial charge in [-0.05, 0) is 43.7 Å². The fourth-order valence-electron chi connectivity index (χ4n) is 3.47. The molecule has 3 rings (SSSR count). The van der Waals surface area contributed by atoms with Crippen LogP contribution < -0.4 is 5.73 Å². The molecular formula is C14H21N3. The van der Waals surface area contributed by atoms with Gasteiger partial charge in [0.15, 0.2) is 0 Å². The molecule has 1 aliphatic carbocycles. The molecule has 2 N–H and O–H groups in total. The van der Waals surface area contributed by atoms with Gasteiger partial charge in [0.2, 0.25) is 0 Å². The molecule has 4 atom stereocenters. The van der Waals surface area contributed by atoms with Crippen molar-refractivity contribution >= 4 is 0 Å². The van der Waals surface area contributed by atoms with Crippen molar-refractivity contribution in [2.75, 3.05) is 13.1 Å². The van der Waals surface area contributed by atoms with Crippen molar-refractivity contribution in [1.29, 1.82) is 0 Å². The van der Waals surface area contributed by atoms with Crippen LogP contribution in [-0.4, -0.2) is 29.0 Å². The van der Waals surface area contributed by atoms with Crippen LogP contribution in [0.5, 0.6) is 0 Å². The molecule has 0 amide bonds. The van der Waals surface area contributed by atoms with Crippen LogP contribution in [0.3, 0.4) is 0 Å². The van der Waals surface area contributed by atoms with E-state index in [0.29, 0.717) is 12.1 Å². The van der Waals surface area contributed by atoms with E-state index in [1.165, 1.54) is 25.1 Å². The highest BCUT2D eigenvalue weighted by atomic mass is 15.2. The zero-order valence-corrected chi connectivity index (χ0v) is 10.4. The molecule has 0 radical (unpaired) electrons. The van der Waals surface area contributed by atoms with Gasteiger partial charge in [0.1, 0.15) is 0 Å². The van der Waals surface area contributed by atoms with E-state index in [0.717, 1.165) is 18.4 Å².